The molecular formula is C11H19Br. The summed E-state index contributed by atoms with van der Waals surface area (Å²) in [6, 6.07) is 0. The van der Waals surface area contributed by atoms with Crippen LogP contribution in [0, 0.1) is 16.2 Å². The Morgan fingerprint density at radius 1 is 1.08 bits per heavy atom. The van der Waals surface area contributed by atoms with E-state index in [0.29, 0.717) is 16.2 Å². The average Bonchev–Trinajstić information content (AvgIpc) is 2.18. The molecule has 0 amide bonds. The van der Waals surface area contributed by atoms with Gasteiger partial charge in [-0.1, -0.05) is 43.6 Å². The lowest BCUT2D eigenvalue weighted by atomic mass is 9.66. The molecule has 0 heterocycles. The quantitative estimate of drug-likeness (QED) is 0.553. The molecule has 2 fully saturated rings. The van der Waals surface area contributed by atoms with Crippen molar-refractivity contribution in [1.82, 2.24) is 0 Å². The molecule has 0 saturated heterocycles. The fourth-order valence-corrected chi connectivity index (χ4v) is 4.89. The first-order chi connectivity index (χ1) is 5.33. The molecule has 2 bridgehead atoms. The third kappa shape index (κ3) is 0.708. The molecule has 3 atom stereocenters. The van der Waals surface area contributed by atoms with E-state index in [1.807, 2.05) is 0 Å². The van der Waals surface area contributed by atoms with Gasteiger partial charge in [0, 0.05) is 4.83 Å². The van der Waals surface area contributed by atoms with Gasteiger partial charge in [-0.15, -0.1) is 0 Å². The normalized spacial score (nSPS) is 56.2. The number of fused-ring (bicyclic) bond motifs is 2. The molecule has 0 aliphatic heterocycles. The SMILES string of the molecule is CC1(C)[C@@]2(C)CC[C@]1(C)[C@@H](Br)C2. The standard InChI is InChI=1S/C11H19Br/c1-9(2)10(3)5-6-11(9,4)8(12)7-10/h8H,5-7H2,1-4H3/t8-,10-,11+/m0/s1. The fourth-order valence-electron chi connectivity index (χ4n) is 3.38. The maximum absolute atomic E-state index is 3.86. The highest BCUT2D eigenvalue weighted by Crippen LogP contribution is 2.73. The van der Waals surface area contributed by atoms with Crippen LogP contribution in [-0.2, 0) is 0 Å². The van der Waals surface area contributed by atoms with Crippen LogP contribution in [0.5, 0.6) is 0 Å². The Bertz CT molecular complexity index is 218. The molecule has 0 aromatic heterocycles. The van der Waals surface area contributed by atoms with Crippen molar-refractivity contribution < 1.29 is 0 Å². The Morgan fingerprint density at radius 2 is 1.67 bits per heavy atom. The Morgan fingerprint density at radius 3 is 1.83 bits per heavy atom. The molecule has 0 aromatic rings. The number of rotatable bonds is 0. The lowest BCUT2D eigenvalue weighted by Crippen LogP contribution is -2.34. The van der Waals surface area contributed by atoms with Gasteiger partial charge in [-0.2, -0.15) is 0 Å². The molecule has 0 spiro atoms. The van der Waals surface area contributed by atoms with Gasteiger partial charge < -0.3 is 0 Å². The predicted octanol–water partition coefficient (Wildman–Crippen LogP) is 3.99. The van der Waals surface area contributed by atoms with Crippen LogP contribution in [0.2, 0.25) is 0 Å². The Balaban J connectivity index is 2.49. The molecular weight excluding hydrogens is 212 g/mol. The number of alkyl halides is 1. The molecule has 12 heavy (non-hydrogen) atoms. The highest BCUT2D eigenvalue weighted by atomic mass is 79.9. The van der Waals surface area contributed by atoms with Crippen molar-refractivity contribution in [2.45, 2.75) is 51.8 Å². The van der Waals surface area contributed by atoms with Crippen molar-refractivity contribution >= 4 is 15.9 Å². The van der Waals surface area contributed by atoms with Crippen LogP contribution in [0.1, 0.15) is 47.0 Å². The molecule has 0 N–H and O–H groups in total. The molecule has 2 rings (SSSR count). The zero-order valence-corrected chi connectivity index (χ0v) is 10.2. The van der Waals surface area contributed by atoms with Gasteiger partial charge in [0.1, 0.15) is 0 Å². The molecule has 0 aromatic carbocycles. The minimum atomic E-state index is 0.522. The van der Waals surface area contributed by atoms with E-state index in [-0.39, 0.29) is 0 Å². The van der Waals surface area contributed by atoms with Crippen molar-refractivity contribution in [3.63, 3.8) is 0 Å². The molecule has 2 aliphatic carbocycles. The van der Waals surface area contributed by atoms with E-state index in [1.165, 1.54) is 19.3 Å². The van der Waals surface area contributed by atoms with Gasteiger partial charge in [0.15, 0.2) is 0 Å². The first kappa shape index (κ1) is 9.05. The van der Waals surface area contributed by atoms with Crippen LogP contribution < -0.4 is 0 Å². The summed E-state index contributed by atoms with van der Waals surface area (Å²) in [6.45, 7) is 9.85. The van der Waals surface area contributed by atoms with Gasteiger partial charge in [0.2, 0.25) is 0 Å². The molecule has 0 unspecified atom stereocenters. The lowest BCUT2D eigenvalue weighted by Gasteiger charge is -2.39. The van der Waals surface area contributed by atoms with Gasteiger partial charge >= 0.3 is 0 Å². The number of hydrogen-bond acceptors (Lipinski definition) is 0. The summed E-state index contributed by atoms with van der Waals surface area (Å²) in [7, 11) is 0. The molecule has 0 radical (unpaired) electrons. The van der Waals surface area contributed by atoms with E-state index < -0.39 is 0 Å². The Kier molecular flexibility index (Phi) is 1.59. The molecule has 2 saturated carbocycles. The summed E-state index contributed by atoms with van der Waals surface area (Å²) >= 11 is 3.86. The van der Waals surface area contributed by atoms with Crippen molar-refractivity contribution in [3.05, 3.63) is 0 Å². The van der Waals surface area contributed by atoms with Gasteiger partial charge in [0.05, 0.1) is 0 Å². The van der Waals surface area contributed by atoms with Crippen molar-refractivity contribution in [2.75, 3.05) is 0 Å². The summed E-state index contributed by atoms with van der Waals surface area (Å²) in [5.74, 6) is 0. The summed E-state index contributed by atoms with van der Waals surface area (Å²) in [4.78, 5) is 0.749. The van der Waals surface area contributed by atoms with Crippen LogP contribution in [-0.4, -0.2) is 4.83 Å². The fraction of sp³-hybridized carbons (Fsp3) is 1.00. The minimum absolute atomic E-state index is 0.522. The van der Waals surface area contributed by atoms with Crippen LogP contribution >= 0.6 is 15.9 Å². The third-order valence-electron chi connectivity index (χ3n) is 5.45. The Labute approximate surface area is 84.2 Å². The number of halogens is 1. The van der Waals surface area contributed by atoms with Crippen LogP contribution in [0.4, 0.5) is 0 Å². The molecule has 0 nitrogen and oxygen atoms in total. The maximum Gasteiger partial charge on any atom is 0.0210 e. The van der Waals surface area contributed by atoms with Gasteiger partial charge in [-0.05, 0) is 35.5 Å². The van der Waals surface area contributed by atoms with Crippen LogP contribution in [0.15, 0.2) is 0 Å². The second-order valence-corrected chi connectivity index (χ2v) is 6.88. The van der Waals surface area contributed by atoms with E-state index in [0.717, 1.165) is 4.83 Å². The third-order valence-corrected chi connectivity index (χ3v) is 6.79. The summed E-state index contributed by atoms with van der Waals surface area (Å²) < 4.78 is 0. The molecule has 70 valence electrons. The smallest absolute Gasteiger partial charge is 0.0210 e. The van der Waals surface area contributed by atoms with Gasteiger partial charge in [0.25, 0.3) is 0 Å². The minimum Gasteiger partial charge on any atom is -0.0884 e. The topological polar surface area (TPSA) is 0 Å². The largest absolute Gasteiger partial charge is 0.0884 e. The van der Waals surface area contributed by atoms with E-state index in [9.17, 15) is 0 Å². The second kappa shape index (κ2) is 2.10. The summed E-state index contributed by atoms with van der Waals surface area (Å²) in [5, 5.41) is 0. The van der Waals surface area contributed by atoms with E-state index in [2.05, 4.69) is 43.6 Å². The zero-order valence-electron chi connectivity index (χ0n) is 8.58. The predicted molar refractivity (Wildman–Crippen MR) is 56.6 cm³/mol. The van der Waals surface area contributed by atoms with Crippen LogP contribution in [0.3, 0.4) is 0 Å². The monoisotopic (exact) mass is 230 g/mol. The number of hydrogen-bond donors (Lipinski definition) is 0. The molecule has 2 aliphatic rings. The average molecular weight is 231 g/mol. The highest BCUT2D eigenvalue weighted by molar-refractivity contribution is 9.09. The molecule has 1 heteroatoms. The van der Waals surface area contributed by atoms with Crippen molar-refractivity contribution in [2.24, 2.45) is 16.2 Å². The first-order valence-electron chi connectivity index (χ1n) is 4.98. The van der Waals surface area contributed by atoms with E-state index in [1.54, 1.807) is 0 Å². The second-order valence-electron chi connectivity index (χ2n) is 5.77. The Hall–Kier alpha value is 0.480. The summed E-state index contributed by atoms with van der Waals surface area (Å²) in [6.07, 6.45) is 4.21. The van der Waals surface area contributed by atoms with Gasteiger partial charge in [-0.25, -0.2) is 0 Å². The van der Waals surface area contributed by atoms with E-state index >= 15 is 0 Å². The van der Waals surface area contributed by atoms with Gasteiger partial charge in [-0.3, -0.25) is 0 Å². The first-order valence-corrected chi connectivity index (χ1v) is 5.89. The van der Waals surface area contributed by atoms with E-state index in [4.69, 9.17) is 0 Å². The summed E-state index contributed by atoms with van der Waals surface area (Å²) in [5.41, 5.74) is 1.66. The lowest BCUT2D eigenvalue weighted by molar-refractivity contribution is 0.102. The zero-order chi connectivity index (χ0) is 9.20. The van der Waals surface area contributed by atoms with Crippen molar-refractivity contribution in [3.8, 4) is 0 Å². The van der Waals surface area contributed by atoms with Crippen molar-refractivity contribution in [1.29, 1.82) is 0 Å². The maximum atomic E-state index is 3.86. The van der Waals surface area contributed by atoms with Crippen LogP contribution in [0.25, 0.3) is 0 Å². The highest BCUT2D eigenvalue weighted by Gasteiger charge is 2.66.